The first-order chi connectivity index (χ1) is 8.75. The monoisotopic (exact) mass is 252 g/mol. The van der Waals surface area contributed by atoms with Crippen molar-refractivity contribution in [1.82, 2.24) is 9.80 Å². The van der Waals surface area contributed by atoms with Crippen LogP contribution in [0.3, 0.4) is 0 Å². The molecule has 3 rings (SSSR count). The maximum Gasteiger partial charge on any atom is 0.410 e. The van der Waals surface area contributed by atoms with Gasteiger partial charge in [-0.25, -0.2) is 4.79 Å². The first-order valence-electron chi connectivity index (χ1n) is 6.98. The quantitative estimate of drug-likeness (QED) is 0.742. The molecule has 18 heavy (non-hydrogen) atoms. The number of piperidine rings is 1. The standard InChI is InChI=1S/C13H20N2O3/c16-12(10-2-1-3-10)14-6-4-11(5-7-14)15-8-9-18-13(15)17/h10-11H,1-9H2. The van der Waals surface area contributed by atoms with E-state index in [0.29, 0.717) is 25.0 Å². The molecular formula is C13H20N2O3. The zero-order chi connectivity index (χ0) is 12.5. The lowest BCUT2D eigenvalue weighted by Crippen LogP contribution is -2.49. The molecule has 0 spiro atoms. The fourth-order valence-corrected chi connectivity index (χ4v) is 3.05. The van der Waals surface area contributed by atoms with Crippen LogP contribution in [0.4, 0.5) is 4.79 Å². The van der Waals surface area contributed by atoms with Crippen LogP contribution in [0.5, 0.6) is 0 Å². The molecule has 1 aliphatic carbocycles. The number of likely N-dealkylation sites (tertiary alicyclic amines) is 1. The SMILES string of the molecule is O=C(C1CCC1)N1CCC(N2CCOC2=O)CC1. The molecule has 5 heteroatoms. The molecule has 2 heterocycles. The molecule has 0 radical (unpaired) electrons. The van der Waals surface area contributed by atoms with Gasteiger partial charge >= 0.3 is 6.09 Å². The van der Waals surface area contributed by atoms with Crippen molar-refractivity contribution in [3.8, 4) is 0 Å². The van der Waals surface area contributed by atoms with Crippen LogP contribution >= 0.6 is 0 Å². The molecule has 3 aliphatic rings. The van der Waals surface area contributed by atoms with Crippen LogP contribution in [-0.2, 0) is 9.53 Å². The first-order valence-corrected chi connectivity index (χ1v) is 6.98. The topological polar surface area (TPSA) is 49.9 Å². The molecule has 0 aromatic heterocycles. The number of nitrogens with zero attached hydrogens (tertiary/aromatic N) is 2. The Balaban J connectivity index is 1.51. The van der Waals surface area contributed by atoms with Crippen LogP contribution in [0.1, 0.15) is 32.1 Å². The summed E-state index contributed by atoms with van der Waals surface area (Å²) in [6.07, 6.45) is 4.95. The molecule has 2 aliphatic heterocycles. The van der Waals surface area contributed by atoms with E-state index in [4.69, 9.17) is 4.74 Å². The predicted octanol–water partition coefficient (Wildman–Crippen LogP) is 1.23. The third kappa shape index (κ3) is 2.06. The molecular weight excluding hydrogens is 232 g/mol. The summed E-state index contributed by atoms with van der Waals surface area (Å²) >= 11 is 0. The van der Waals surface area contributed by atoms with Gasteiger partial charge in [0.25, 0.3) is 0 Å². The second kappa shape index (κ2) is 4.78. The molecule has 0 atom stereocenters. The fourth-order valence-electron chi connectivity index (χ4n) is 3.05. The molecule has 2 saturated heterocycles. The number of amides is 2. The molecule has 100 valence electrons. The number of hydrogen-bond donors (Lipinski definition) is 0. The van der Waals surface area contributed by atoms with E-state index in [-0.39, 0.29) is 12.1 Å². The van der Waals surface area contributed by atoms with Crippen LogP contribution in [0.15, 0.2) is 0 Å². The van der Waals surface area contributed by atoms with Gasteiger partial charge in [-0.3, -0.25) is 4.79 Å². The van der Waals surface area contributed by atoms with Crippen molar-refractivity contribution >= 4 is 12.0 Å². The van der Waals surface area contributed by atoms with Crippen molar-refractivity contribution in [2.45, 2.75) is 38.1 Å². The molecule has 1 saturated carbocycles. The highest BCUT2D eigenvalue weighted by atomic mass is 16.6. The Hall–Kier alpha value is -1.26. The summed E-state index contributed by atoms with van der Waals surface area (Å²) in [5.74, 6) is 0.627. The van der Waals surface area contributed by atoms with E-state index < -0.39 is 0 Å². The number of carbonyl (C=O) groups is 2. The number of carbonyl (C=O) groups excluding carboxylic acids is 2. The number of rotatable bonds is 2. The second-order valence-electron chi connectivity index (χ2n) is 5.49. The normalized spacial score (nSPS) is 26.1. The zero-order valence-corrected chi connectivity index (χ0v) is 10.6. The summed E-state index contributed by atoms with van der Waals surface area (Å²) in [5, 5.41) is 0. The van der Waals surface area contributed by atoms with Gasteiger partial charge in [-0.1, -0.05) is 6.42 Å². The van der Waals surface area contributed by atoms with Gasteiger partial charge in [-0.2, -0.15) is 0 Å². The van der Waals surface area contributed by atoms with E-state index in [2.05, 4.69) is 0 Å². The van der Waals surface area contributed by atoms with Gasteiger partial charge in [0.2, 0.25) is 5.91 Å². The summed E-state index contributed by atoms with van der Waals surface area (Å²) in [6, 6.07) is 0.269. The van der Waals surface area contributed by atoms with Crippen LogP contribution in [0.2, 0.25) is 0 Å². The smallest absolute Gasteiger partial charge is 0.410 e. The zero-order valence-electron chi connectivity index (χ0n) is 10.6. The summed E-state index contributed by atoms with van der Waals surface area (Å²) in [5.41, 5.74) is 0. The molecule has 0 aromatic carbocycles. The molecule has 2 amide bonds. The van der Waals surface area contributed by atoms with Crippen molar-refractivity contribution in [2.75, 3.05) is 26.2 Å². The number of cyclic esters (lactones) is 1. The molecule has 3 fully saturated rings. The Morgan fingerprint density at radius 2 is 1.83 bits per heavy atom. The van der Waals surface area contributed by atoms with Gasteiger partial charge in [0.15, 0.2) is 0 Å². The van der Waals surface area contributed by atoms with Crippen LogP contribution in [0.25, 0.3) is 0 Å². The van der Waals surface area contributed by atoms with E-state index in [9.17, 15) is 9.59 Å². The number of ether oxygens (including phenoxy) is 1. The lowest BCUT2D eigenvalue weighted by molar-refractivity contribution is -0.139. The third-order valence-electron chi connectivity index (χ3n) is 4.46. The maximum atomic E-state index is 12.1. The van der Waals surface area contributed by atoms with Crippen LogP contribution in [0, 0.1) is 5.92 Å². The molecule has 0 aromatic rings. The van der Waals surface area contributed by atoms with Crippen molar-refractivity contribution in [1.29, 1.82) is 0 Å². The van der Waals surface area contributed by atoms with Gasteiger partial charge < -0.3 is 14.5 Å². The molecule has 5 nitrogen and oxygen atoms in total. The highest BCUT2D eigenvalue weighted by Gasteiger charge is 2.35. The largest absolute Gasteiger partial charge is 0.448 e. The third-order valence-corrected chi connectivity index (χ3v) is 4.46. The average molecular weight is 252 g/mol. The molecule has 0 bridgehead atoms. The Morgan fingerprint density at radius 1 is 1.11 bits per heavy atom. The molecule has 0 unspecified atom stereocenters. The minimum absolute atomic E-state index is 0.182. The van der Waals surface area contributed by atoms with Gasteiger partial charge in [-0.05, 0) is 25.7 Å². The second-order valence-corrected chi connectivity index (χ2v) is 5.49. The first kappa shape index (κ1) is 11.8. The van der Waals surface area contributed by atoms with Crippen molar-refractivity contribution < 1.29 is 14.3 Å². The minimum atomic E-state index is -0.182. The highest BCUT2D eigenvalue weighted by Crippen LogP contribution is 2.30. The summed E-state index contributed by atoms with van der Waals surface area (Å²) in [6.45, 7) is 2.81. The van der Waals surface area contributed by atoms with E-state index in [1.54, 1.807) is 0 Å². The summed E-state index contributed by atoms with van der Waals surface area (Å²) < 4.78 is 4.96. The van der Waals surface area contributed by atoms with Gasteiger partial charge in [0.05, 0.1) is 6.54 Å². The number of hydrogen-bond acceptors (Lipinski definition) is 3. The fraction of sp³-hybridized carbons (Fsp3) is 0.846. The Bertz CT molecular complexity index is 346. The highest BCUT2D eigenvalue weighted by molar-refractivity contribution is 5.79. The van der Waals surface area contributed by atoms with E-state index in [1.165, 1.54) is 6.42 Å². The maximum absolute atomic E-state index is 12.1. The Morgan fingerprint density at radius 3 is 2.33 bits per heavy atom. The Kier molecular flexibility index (Phi) is 3.14. The lowest BCUT2D eigenvalue weighted by Gasteiger charge is -2.38. The summed E-state index contributed by atoms with van der Waals surface area (Å²) in [7, 11) is 0. The summed E-state index contributed by atoms with van der Waals surface area (Å²) in [4.78, 5) is 27.4. The molecule has 0 N–H and O–H groups in total. The average Bonchev–Trinajstić information content (AvgIpc) is 2.73. The van der Waals surface area contributed by atoms with Crippen LogP contribution < -0.4 is 0 Å². The van der Waals surface area contributed by atoms with E-state index in [0.717, 1.165) is 38.8 Å². The predicted molar refractivity (Wildman–Crippen MR) is 65.0 cm³/mol. The van der Waals surface area contributed by atoms with Crippen LogP contribution in [-0.4, -0.2) is 54.1 Å². The lowest BCUT2D eigenvalue weighted by atomic mass is 9.84. The van der Waals surface area contributed by atoms with Gasteiger partial charge in [0.1, 0.15) is 6.61 Å². The van der Waals surface area contributed by atoms with Gasteiger partial charge in [0, 0.05) is 25.0 Å². The van der Waals surface area contributed by atoms with E-state index in [1.807, 2.05) is 9.80 Å². The van der Waals surface area contributed by atoms with Crippen molar-refractivity contribution in [3.05, 3.63) is 0 Å². The van der Waals surface area contributed by atoms with Gasteiger partial charge in [-0.15, -0.1) is 0 Å². The Labute approximate surface area is 107 Å². The van der Waals surface area contributed by atoms with E-state index >= 15 is 0 Å². The minimum Gasteiger partial charge on any atom is -0.448 e. The van der Waals surface area contributed by atoms with Crippen molar-refractivity contribution in [3.63, 3.8) is 0 Å². The van der Waals surface area contributed by atoms with Crippen molar-refractivity contribution in [2.24, 2.45) is 5.92 Å².